The zero-order chi connectivity index (χ0) is 10.7. The smallest absolute Gasteiger partial charge is 0.550 e. The zero-order valence-electron chi connectivity index (χ0n) is 6.75. The second-order valence-corrected chi connectivity index (χ2v) is 1.27. The Balaban J connectivity index is -0.0000000450. The second kappa shape index (κ2) is 17.1. The van der Waals surface area contributed by atoms with E-state index in [1.807, 2.05) is 0 Å². The first-order valence-corrected chi connectivity index (χ1v) is 2.47. The standard InChI is InChI=1S/2C2H4O2.CH2O3.Pd/c2*1-2(3)4;2-1(3)4;/h2*1H3,(H,3,4);(H2,2,3,4);/q;;;+2/p-2. The zero-order valence-corrected chi connectivity index (χ0v) is 8.31. The third-order valence-electron chi connectivity index (χ3n) is 0. The normalized spacial score (nSPS) is 5.69. The number of carbonyl (C=O) groups is 3. The fourth-order valence-corrected chi connectivity index (χ4v) is 0. The van der Waals surface area contributed by atoms with Crippen molar-refractivity contribution in [1.82, 2.24) is 0 Å². The van der Waals surface area contributed by atoms with E-state index >= 15 is 0 Å². The van der Waals surface area contributed by atoms with E-state index in [9.17, 15) is 0 Å². The molecular weight excluding hydrogens is 278 g/mol. The van der Waals surface area contributed by atoms with E-state index in [1.165, 1.54) is 0 Å². The van der Waals surface area contributed by atoms with Crippen LogP contribution < -0.4 is 10.2 Å². The molecule has 0 aromatic heterocycles. The first-order chi connectivity index (χ1) is 5.20. The van der Waals surface area contributed by atoms with Crippen molar-refractivity contribution in [3.63, 3.8) is 0 Å². The van der Waals surface area contributed by atoms with E-state index < -0.39 is 18.1 Å². The molecule has 0 saturated heterocycles. The van der Waals surface area contributed by atoms with Gasteiger partial charge in [0.15, 0.2) is 0 Å². The van der Waals surface area contributed by atoms with Gasteiger partial charge in [0.1, 0.15) is 0 Å². The molecule has 7 nitrogen and oxygen atoms in total. The summed E-state index contributed by atoms with van der Waals surface area (Å²) in [6, 6.07) is 0. The van der Waals surface area contributed by atoms with Crippen molar-refractivity contribution in [2.45, 2.75) is 13.8 Å². The Labute approximate surface area is 87.7 Å². The van der Waals surface area contributed by atoms with Gasteiger partial charge in [-0.2, -0.15) is 0 Å². The van der Waals surface area contributed by atoms with Crippen LogP contribution in [0.1, 0.15) is 13.8 Å². The minimum Gasteiger partial charge on any atom is -0.550 e. The van der Waals surface area contributed by atoms with Crippen LogP contribution in [0, 0.1) is 0 Å². The molecule has 0 unspecified atom stereocenters. The van der Waals surface area contributed by atoms with E-state index in [1.54, 1.807) is 0 Å². The molecule has 2 N–H and O–H groups in total. The second-order valence-electron chi connectivity index (χ2n) is 1.27. The summed E-state index contributed by atoms with van der Waals surface area (Å²) < 4.78 is 0. The molecule has 0 aliphatic carbocycles. The van der Waals surface area contributed by atoms with Gasteiger partial charge in [-0.3, -0.25) is 0 Å². The van der Waals surface area contributed by atoms with Gasteiger partial charge in [0.05, 0.1) is 0 Å². The minimum atomic E-state index is -1.83. The predicted octanol–water partition coefficient (Wildman–Crippen LogP) is -2.27. The van der Waals surface area contributed by atoms with Crippen molar-refractivity contribution >= 4 is 18.1 Å². The predicted molar refractivity (Wildman–Crippen MR) is 32.0 cm³/mol. The number of aliphatic carboxylic acids is 2. The largest absolute Gasteiger partial charge is 2.00 e. The molecule has 0 aromatic carbocycles. The first-order valence-electron chi connectivity index (χ1n) is 2.47. The average Bonchev–Trinajstić information content (AvgIpc) is 1.54. The molecule has 0 atom stereocenters. The van der Waals surface area contributed by atoms with Gasteiger partial charge >= 0.3 is 26.6 Å². The fourth-order valence-electron chi connectivity index (χ4n) is 0. The maximum Gasteiger partial charge on any atom is 2.00 e. The molecule has 0 amide bonds. The van der Waals surface area contributed by atoms with Crippen LogP contribution in [0.2, 0.25) is 0 Å². The summed E-state index contributed by atoms with van der Waals surface area (Å²) >= 11 is 0. The van der Waals surface area contributed by atoms with Gasteiger partial charge in [-0.25, -0.2) is 4.79 Å². The maximum absolute atomic E-state index is 8.89. The molecule has 0 aliphatic heterocycles. The van der Waals surface area contributed by atoms with E-state index in [4.69, 9.17) is 34.8 Å². The van der Waals surface area contributed by atoms with E-state index in [0.717, 1.165) is 13.8 Å². The van der Waals surface area contributed by atoms with Crippen LogP contribution in [0.5, 0.6) is 0 Å². The SMILES string of the molecule is CC(=O)[O-].CC(=O)[O-].O=C(O)O.[Pd+2]. The van der Waals surface area contributed by atoms with Crippen molar-refractivity contribution in [2.75, 3.05) is 0 Å². The topological polar surface area (TPSA) is 138 Å². The van der Waals surface area contributed by atoms with Crippen molar-refractivity contribution in [3.05, 3.63) is 0 Å². The minimum absolute atomic E-state index is 0. The summed E-state index contributed by atoms with van der Waals surface area (Å²) in [7, 11) is 0. The van der Waals surface area contributed by atoms with Crippen molar-refractivity contribution in [3.8, 4) is 0 Å². The average molecular weight is 287 g/mol. The Morgan fingerprint density at radius 2 is 0.923 bits per heavy atom. The van der Waals surface area contributed by atoms with Crippen LogP contribution in [0.15, 0.2) is 0 Å². The quantitative estimate of drug-likeness (QED) is 0.479. The Morgan fingerprint density at radius 1 is 0.923 bits per heavy atom. The van der Waals surface area contributed by atoms with Gasteiger partial charge in [0.25, 0.3) is 0 Å². The van der Waals surface area contributed by atoms with Crippen LogP contribution in [0.3, 0.4) is 0 Å². The molecule has 80 valence electrons. The maximum atomic E-state index is 8.89. The third-order valence-corrected chi connectivity index (χ3v) is 0. The Morgan fingerprint density at radius 3 is 0.923 bits per heavy atom. The first kappa shape index (κ1) is 22.6. The van der Waals surface area contributed by atoms with Crippen LogP contribution in [0.4, 0.5) is 4.79 Å². The fraction of sp³-hybridized carbons (Fsp3) is 0.400. The Hall–Kier alpha value is -1.13. The summed E-state index contributed by atoms with van der Waals surface area (Å²) in [4.78, 5) is 26.3. The number of hydrogen-bond donors (Lipinski definition) is 2. The van der Waals surface area contributed by atoms with Gasteiger partial charge in [0, 0.05) is 11.9 Å². The van der Waals surface area contributed by atoms with Crippen molar-refractivity contribution in [1.29, 1.82) is 0 Å². The Kier molecular flexibility index (Phi) is 29.8. The van der Waals surface area contributed by atoms with Gasteiger partial charge in [-0.05, 0) is 13.8 Å². The van der Waals surface area contributed by atoms with Crippen LogP contribution in [-0.2, 0) is 30.0 Å². The molecule has 0 spiro atoms. The van der Waals surface area contributed by atoms with Gasteiger partial charge < -0.3 is 30.0 Å². The number of carbonyl (C=O) groups excluding carboxylic acids is 2. The summed E-state index contributed by atoms with van der Waals surface area (Å²) in [6.07, 6.45) is -1.83. The molecule has 0 aromatic rings. The molecule has 0 bridgehead atoms. The molecule has 13 heavy (non-hydrogen) atoms. The summed E-state index contributed by atoms with van der Waals surface area (Å²) in [5, 5.41) is 31.7. The number of carboxylic acid groups (broad SMARTS) is 4. The van der Waals surface area contributed by atoms with Crippen molar-refractivity contribution in [2.24, 2.45) is 0 Å². The van der Waals surface area contributed by atoms with Crippen molar-refractivity contribution < 1.29 is 55.2 Å². The van der Waals surface area contributed by atoms with Gasteiger partial charge in [0.2, 0.25) is 0 Å². The van der Waals surface area contributed by atoms with Gasteiger partial charge in [-0.1, -0.05) is 0 Å². The molecule has 0 rings (SSSR count). The summed E-state index contributed by atoms with van der Waals surface area (Å²) in [5.74, 6) is -2.17. The van der Waals surface area contributed by atoms with E-state index in [-0.39, 0.29) is 20.4 Å². The number of hydrogen-bond acceptors (Lipinski definition) is 5. The molecular formula is C5H8O7Pd. The molecule has 8 heteroatoms. The summed E-state index contributed by atoms with van der Waals surface area (Å²) in [5.41, 5.74) is 0. The van der Waals surface area contributed by atoms with Crippen LogP contribution in [0.25, 0.3) is 0 Å². The molecule has 0 saturated carbocycles. The molecule has 0 aliphatic rings. The van der Waals surface area contributed by atoms with Crippen LogP contribution >= 0.6 is 0 Å². The third kappa shape index (κ3) is 673. The molecule has 0 heterocycles. The monoisotopic (exact) mass is 286 g/mol. The summed E-state index contributed by atoms with van der Waals surface area (Å²) in [6.45, 7) is 1.94. The Bertz CT molecular complexity index is 114. The van der Waals surface area contributed by atoms with E-state index in [0.29, 0.717) is 0 Å². The number of carboxylic acids is 2. The number of rotatable bonds is 0. The van der Waals surface area contributed by atoms with E-state index in [2.05, 4.69) is 0 Å². The van der Waals surface area contributed by atoms with Gasteiger partial charge in [-0.15, -0.1) is 0 Å². The molecule has 0 fully saturated rings. The molecule has 0 radical (unpaired) electrons. The van der Waals surface area contributed by atoms with Crippen LogP contribution in [-0.4, -0.2) is 28.3 Å².